The molecule has 0 aliphatic carbocycles. The first-order valence-electron chi connectivity index (χ1n) is 7.30. The quantitative estimate of drug-likeness (QED) is 0.543. The van der Waals surface area contributed by atoms with Gasteiger partial charge >= 0.3 is 5.97 Å². The standard InChI is InChI=1S/C16H15Cl2NO3S2/c1-2-3-7-12(15(21)22)19-14(20)13(24-16(19)23)8-9-10(17)5-4-6-11(9)18/h4-6,8,12H,2-3,7H2,1H3,(H,21,22)/b13-8-. The van der Waals surface area contributed by atoms with Gasteiger partial charge in [-0.25, -0.2) is 4.79 Å². The molecule has 1 aliphatic heterocycles. The highest BCUT2D eigenvalue weighted by atomic mass is 35.5. The summed E-state index contributed by atoms with van der Waals surface area (Å²) >= 11 is 18.5. The summed E-state index contributed by atoms with van der Waals surface area (Å²) in [4.78, 5) is 25.7. The number of nitrogens with zero attached hydrogens (tertiary/aromatic N) is 1. The maximum Gasteiger partial charge on any atom is 0.326 e. The SMILES string of the molecule is CCCCC(C(=O)O)N1C(=O)/C(=C/c2c(Cl)cccc2Cl)SC1=S. The summed E-state index contributed by atoms with van der Waals surface area (Å²) in [7, 11) is 0. The third-order valence-corrected chi connectivity index (χ3v) is 5.52. The van der Waals surface area contributed by atoms with E-state index < -0.39 is 17.9 Å². The molecule has 1 aromatic carbocycles. The highest BCUT2D eigenvalue weighted by Gasteiger charge is 2.40. The summed E-state index contributed by atoms with van der Waals surface area (Å²) < 4.78 is 0.234. The van der Waals surface area contributed by atoms with E-state index in [2.05, 4.69) is 0 Å². The van der Waals surface area contributed by atoms with Crippen molar-refractivity contribution in [1.82, 2.24) is 4.90 Å². The number of carbonyl (C=O) groups excluding carboxylic acids is 1. The maximum absolute atomic E-state index is 12.7. The minimum absolute atomic E-state index is 0.234. The van der Waals surface area contributed by atoms with Crippen LogP contribution in [0.1, 0.15) is 31.7 Å². The van der Waals surface area contributed by atoms with Crippen LogP contribution >= 0.6 is 47.2 Å². The molecule has 1 heterocycles. The minimum atomic E-state index is -1.06. The number of unbranched alkanes of at least 4 members (excludes halogenated alkanes) is 1. The molecule has 0 aromatic heterocycles. The number of aliphatic carboxylic acids is 1. The number of thioether (sulfide) groups is 1. The van der Waals surface area contributed by atoms with E-state index in [0.29, 0.717) is 33.4 Å². The molecule has 0 bridgehead atoms. The Morgan fingerprint density at radius 2 is 2.04 bits per heavy atom. The molecule has 8 heteroatoms. The summed E-state index contributed by atoms with van der Waals surface area (Å²) in [6.07, 6.45) is 3.45. The van der Waals surface area contributed by atoms with Crippen LogP contribution in [-0.4, -0.2) is 32.2 Å². The van der Waals surface area contributed by atoms with Crippen LogP contribution in [0.3, 0.4) is 0 Å². The van der Waals surface area contributed by atoms with Crippen LogP contribution in [0.5, 0.6) is 0 Å². The van der Waals surface area contributed by atoms with Crippen molar-refractivity contribution in [3.63, 3.8) is 0 Å². The molecule has 24 heavy (non-hydrogen) atoms. The van der Waals surface area contributed by atoms with Gasteiger partial charge in [-0.2, -0.15) is 0 Å². The molecule has 1 fully saturated rings. The van der Waals surface area contributed by atoms with E-state index in [4.69, 9.17) is 35.4 Å². The van der Waals surface area contributed by atoms with Gasteiger partial charge in [0.25, 0.3) is 5.91 Å². The van der Waals surface area contributed by atoms with Crippen LogP contribution in [0, 0.1) is 0 Å². The van der Waals surface area contributed by atoms with E-state index in [-0.39, 0.29) is 4.32 Å². The van der Waals surface area contributed by atoms with Gasteiger partial charge in [0.15, 0.2) is 0 Å². The topological polar surface area (TPSA) is 57.6 Å². The summed E-state index contributed by atoms with van der Waals surface area (Å²) in [5.41, 5.74) is 0.516. The molecule has 0 saturated carbocycles. The minimum Gasteiger partial charge on any atom is -0.480 e. The fourth-order valence-corrected chi connectivity index (χ4v) is 4.13. The number of hydrogen-bond acceptors (Lipinski definition) is 4. The molecular formula is C16H15Cl2NO3S2. The first kappa shape index (κ1) is 19.2. The molecule has 2 rings (SSSR count). The molecule has 0 radical (unpaired) electrons. The zero-order valence-corrected chi connectivity index (χ0v) is 15.9. The second-order valence-corrected chi connectivity index (χ2v) is 7.67. The van der Waals surface area contributed by atoms with Gasteiger partial charge in [-0.15, -0.1) is 0 Å². The average molecular weight is 404 g/mol. The maximum atomic E-state index is 12.7. The first-order chi connectivity index (χ1) is 11.4. The number of benzene rings is 1. The van der Waals surface area contributed by atoms with E-state index in [1.165, 1.54) is 4.90 Å². The lowest BCUT2D eigenvalue weighted by molar-refractivity contribution is -0.145. The zero-order chi connectivity index (χ0) is 17.9. The Morgan fingerprint density at radius 3 is 2.58 bits per heavy atom. The van der Waals surface area contributed by atoms with Crippen LogP contribution in [0.15, 0.2) is 23.1 Å². The van der Waals surface area contributed by atoms with Gasteiger partial charge in [-0.05, 0) is 24.6 Å². The van der Waals surface area contributed by atoms with Gasteiger partial charge < -0.3 is 5.11 Å². The van der Waals surface area contributed by atoms with Gasteiger partial charge in [-0.3, -0.25) is 9.69 Å². The molecular weight excluding hydrogens is 389 g/mol. The second kappa shape index (κ2) is 8.34. The number of halogens is 2. The average Bonchev–Trinajstić information content (AvgIpc) is 2.79. The van der Waals surface area contributed by atoms with Crippen molar-refractivity contribution in [3.8, 4) is 0 Å². The molecule has 1 aromatic rings. The van der Waals surface area contributed by atoms with Crippen LogP contribution < -0.4 is 0 Å². The van der Waals surface area contributed by atoms with Gasteiger partial charge in [0, 0.05) is 15.6 Å². The molecule has 1 N–H and O–H groups in total. The lowest BCUT2D eigenvalue weighted by Crippen LogP contribution is -2.43. The molecule has 0 spiro atoms. The summed E-state index contributed by atoms with van der Waals surface area (Å²) in [6.45, 7) is 1.96. The van der Waals surface area contributed by atoms with Gasteiger partial charge in [0.2, 0.25) is 0 Å². The van der Waals surface area contributed by atoms with Crippen molar-refractivity contribution in [2.24, 2.45) is 0 Å². The number of rotatable bonds is 6. The van der Waals surface area contributed by atoms with Crippen LogP contribution in [0.2, 0.25) is 10.0 Å². The molecule has 1 unspecified atom stereocenters. The summed E-state index contributed by atoms with van der Waals surface area (Å²) in [6, 6.07) is 4.09. The van der Waals surface area contributed by atoms with Crippen LogP contribution in [0.25, 0.3) is 6.08 Å². The number of carboxylic acids is 1. The Hall–Kier alpha value is -1.08. The number of hydrogen-bond donors (Lipinski definition) is 1. The number of carbonyl (C=O) groups is 2. The van der Waals surface area contributed by atoms with Crippen molar-refractivity contribution in [1.29, 1.82) is 0 Å². The normalized spacial score (nSPS) is 17.6. The molecule has 1 amide bonds. The molecule has 1 saturated heterocycles. The van der Waals surface area contributed by atoms with Crippen LogP contribution in [0.4, 0.5) is 0 Å². The highest BCUT2D eigenvalue weighted by Crippen LogP contribution is 2.37. The molecule has 128 valence electrons. The van der Waals surface area contributed by atoms with Crippen molar-refractivity contribution in [2.75, 3.05) is 0 Å². The smallest absolute Gasteiger partial charge is 0.326 e. The van der Waals surface area contributed by atoms with Gasteiger partial charge in [-0.1, -0.05) is 73.0 Å². The van der Waals surface area contributed by atoms with Gasteiger partial charge in [0.1, 0.15) is 10.4 Å². The number of amides is 1. The van der Waals surface area contributed by atoms with Crippen molar-refractivity contribution < 1.29 is 14.7 Å². The number of thiocarbonyl (C=S) groups is 1. The van der Waals surface area contributed by atoms with E-state index in [1.54, 1.807) is 24.3 Å². The lowest BCUT2D eigenvalue weighted by Gasteiger charge is -2.22. The molecule has 1 aliphatic rings. The van der Waals surface area contributed by atoms with E-state index in [0.717, 1.165) is 18.2 Å². The zero-order valence-electron chi connectivity index (χ0n) is 12.8. The summed E-state index contributed by atoms with van der Waals surface area (Å²) in [5.74, 6) is -1.48. The van der Waals surface area contributed by atoms with Gasteiger partial charge in [0.05, 0.1) is 4.91 Å². The molecule has 4 nitrogen and oxygen atoms in total. The predicted molar refractivity (Wildman–Crippen MR) is 102 cm³/mol. The number of carboxylic acid groups (broad SMARTS) is 1. The first-order valence-corrected chi connectivity index (χ1v) is 9.28. The Morgan fingerprint density at radius 1 is 1.42 bits per heavy atom. The van der Waals surface area contributed by atoms with Crippen LogP contribution in [-0.2, 0) is 9.59 Å². The van der Waals surface area contributed by atoms with E-state index >= 15 is 0 Å². The largest absolute Gasteiger partial charge is 0.480 e. The Labute approximate surface area is 159 Å². The Kier molecular flexibility index (Phi) is 6.69. The Balaban J connectivity index is 2.34. The third-order valence-electron chi connectivity index (χ3n) is 3.53. The highest BCUT2D eigenvalue weighted by molar-refractivity contribution is 8.26. The van der Waals surface area contributed by atoms with Crippen molar-refractivity contribution in [2.45, 2.75) is 32.2 Å². The van der Waals surface area contributed by atoms with Crippen molar-refractivity contribution in [3.05, 3.63) is 38.7 Å². The Bertz CT molecular complexity index is 701. The second-order valence-electron chi connectivity index (χ2n) is 5.18. The lowest BCUT2D eigenvalue weighted by atomic mass is 10.1. The van der Waals surface area contributed by atoms with E-state index in [9.17, 15) is 14.7 Å². The predicted octanol–water partition coefficient (Wildman–Crippen LogP) is 4.84. The third kappa shape index (κ3) is 4.11. The summed E-state index contributed by atoms with van der Waals surface area (Å²) in [5, 5.41) is 10.3. The van der Waals surface area contributed by atoms with E-state index in [1.807, 2.05) is 6.92 Å². The molecule has 1 atom stereocenters. The fourth-order valence-electron chi connectivity index (χ4n) is 2.29. The monoisotopic (exact) mass is 403 g/mol. The fraction of sp³-hybridized carbons (Fsp3) is 0.312. The van der Waals surface area contributed by atoms with Crippen molar-refractivity contribution >= 4 is 69.5 Å².